The molecule has 1 amide bonds. The number of hydrogen-bond donors (Lipinski definition) is 2. The molecule has 2 N–H and O–H groups in total. The van der Waals surface area contributed by atoms with Gasteiger partial charge in [-0.25, -0.2) is 8.78 Å². The van der Waals surface area contributed by atoms with Crippen LogP contribution in [0.1, 0.15) is 16.8 Å². The highest BCUT2D eigenvalue weighted by Crippen LogP contribution is 2.19. The Morgan fingerprint density at radius 2 is 2.00 bits per heavy atom. The third-order valence-electron chi connectivity index (χ3n) is 3.02. The van der Waals surface area contributed by atoms with Gasteiger partial charge < -0.3 is 15.4 Å². The Bertz CT molecular complexity index is 680. The Kier molecular flexibility index (Phi) is 5.99. The summed E-state index contributed by atoms with van der Waals surface area (Å²) in [6.07, 6.45) is 3.63. The molecular formula is C16H17F2N3O2. The van der Waals surface area contributed by atoms with Crippen LogP contribution in [0.25, 0.3) is 0 Å². The molecule has 0 radical (unpaired) electrons. The molecule has 2 aromatic rings. The fraction of sp³-hybridized carbons (Fsp3) is 0.250. The minimum atomic E-state index is -0.949. The summed E-state index contributed by atoms with van der Waals surface area (Å²) in [4.78, 5) is 16.0. The number of rotatable bonds is 7. The number of ether oxygens (including phenoxy) is 1. The number of carbonyl (C=O) groups is 1. The first-order valence-corrected chi connectivity index (χ1v) is 7.04. The van der Waals surface area contributed by atoms with Crippen molar-refractivity contribution in [1.82, 2.24) is 10.3 Å². The minimum absolute atomic E-state index is 0.262. The molecular weight excluding hydrogens is 304 g/mol. The van der Waals surface area contributed by atoms with Gasteiger partial charge in [0.15, 0.2) is 11.6 Å². The monoisotopic (exact) mass is 321 g/mol. The summed E-state index contributed by atoms with van der Waals surface area (Å²) in [5.74, 6) is -2.13. The van der Waals surface area contributed by atoms with Crippen LogP contribution in [0, 0.1) is 11.6 Å². The number of amides is 1. The highest BCUT2D eigenvalue weighted by atomic mass is 19.2. The van der Waals surface area contributed by atoms with Crippen LogP contribution in [0.2, 0.25) is 0 Å². The van der Waals surface area contributed by atoms with Gasteiger partial charge in [0.25, 0.3) is 5.91 Å². The second-order valence-electron chi connectivity index (χ2n) is 4.82. The SMILES string of the molecule is COCCCNC(=O)c1cncc(Nc2ccc(F)c(F)c2)c1. The van der Waals surface area contributed by atoms with Crippen molar-refractivity contribution >= 4 is 17.3 Å². The van der Waals surface area contributed by atoms with E-state index in [4.69, 9.17) is 4.74 Å². The van der Waals surface area contributed by atoms with E-state index in [9.17, 15) is 13.6 Å². The number of methoxy groups -OCH3 is 1. The van der Waals surface area contributed by atoms with Crippen molar-refractivity contribution in [1.29, 1.82) is 0 Å². The summed E-state index contributed by atoms with van der Waals surface area (Å²) in [7, 11) is 1.60. The maximum absolute atomic E-state index is 13.2. The van der Waals surface area contributed by atoms with E-state index in [0.29, 0.717) is 36.5 Å². The van der Waals surface area contributed by atoms with E-state index in [1.807, 2.05) is 0 Å². The lowest BCUT2D eigenvalue weighted by molar-refractivity contribution is 0.0948. The van der Waals surface area contributed by atoms with E-state index in [1.165, 1.54) is 18.5 Å². The van der Waals surface area contributed by atoms with E-state index < -0.39 is 11.6 Å². The second-order valence-corrected chi connectivity index (χ2v) is 4.82. The predicted octanol–water partition coefficient (Wildman–Crippen LogP) is 2.87. The van der Waals surface area contributed by atoms with Gasteiger partial charge in [0, 0.05) is 38.2 Å². The first-order chi connectivity index (χ1) is 11.1. The van der Waals surface area contributed by atoms with Gasteiger partial charge in [0.05, 0.1) is 17.4 Å². The van der Waals surface area contributed by atoms with Gasteiger partial charge in [-0.05, 0) is 24.6 Å². The van der Waals surface area contributed by atoms with Gasteiger partial charge in [0.1, 0.15) is 0 Å². The predicted molar refractivity (Wildman–Crippen MR) is 82.7 cm³/mol. The van der Waals surface area contributed by atoms with Crippen molar-refractivity contribution in [3.63, 3.8) is 0 Å². The highest BCUT2D eigenvalue weighted by Gasteiger charge is 2.08. The fourth-order valence-corrected chi connectivity index (χ4v) is 1.89. The van der Waals surface area contributed by atoms with Crippen molar-refractivity contribution in [3.8, 4) is 0 Å². The maximum Gasteiger partial charge on any atom is 0.252 e. The molecule has 0 aliphatic carbocycles. The molecule has 1 aromatic heterocycles. The molecule has 23 heavy (non-hydrogen) atoms. The largest absolute Gasteiger partial charge is 0.385 e. The third-order valence-corrected chi connectivity index (χ3v) is 3.02. The summed E-state index contributed by atoms with van der Waals surface area (Å²) in [5, 5.41) is 5.62. The topological polar surface area (TPSA) is 63.2 Å². The Morgan fingerprint density at radius 1 is 1.17 bits per heavy atom. The molecule has 0 aliphatic rings. The zero-order valence-electron chi connectivity index (χ0n) is 12.6. The van der Waals surface area contributed by atoms with Crippen LogP contribution in [0.3, 0.4) is 0 Å². The number of nitrogens with one attached hydrogen (secondary N) is 2. The number of halogens is 2. The van der Waals surface area contributed by atoms with Crippen molar-refractivity contribution in [2.45, 2.75) is 6.42 Å². The van der Waals surface area contributed by atoms with Gasteiger partial charge in [-0.1, -0.05) is 0 Å². The Labute approximate surface area is 132 Å². The molecule has 2 rings (SSSR count). The Balaban J connectivity index is 2.01. The van der Waals surface area contributed by atoms with Crippen molar-refractivity contribution < 1.29 is 18.3 Å². The summed E-state index contributed by atoms with van der Waals surface area (Å²) in [5.41, 5.74) is 1.24. The highest BCUT2D eigenvalue weighted by molar-refractivity contribution is 5.94. The van der Waals surface area contributed by atoms with Gasteiger partial charge in [-0.3, -0.25) is 9.78 Å². The van der Waals surface area contributed by atoms with E-state index in [-0.39, 0.29) is 5.91 Å². The number of anilines is 2. The lowest BCUT2D eigenvalue weighted by Crippen LogP contribution is -2.25. The lowest BCUT2D eigenvalue weighted by Gasteiger charge is -2.09. The zero-order chi connectivity index (χ0) is 16.7. The maximum atomic E-state index is 13.2. The molecule has 0 unspecified atom stereocenters. The van der Waals surface area contributed by atoms with Crippen molar-refractivity contribution in [2.24, 2.45) is 0 Å². The normalized spacial score (nSPS) is 10.4. The third kappa shape index (κ3) is 5.00. The zero-order valence-corrected chi connectivity index (χ0v) is 12.6. The number of benzene rings is 1. The van der Waals surface area contributed by atoms with E-state index in [2.05, 4.69) is 15.6 Å². The molecule has 5 nitrogen and oxygen atoms in total. The molecule has 7 heteroatoms. The van der Waals surface area contributed by atoms with Crippen LogP contribution < -0.4 is 10.6 Å². The van der Waals surface area contributed by atoms with Crippen LogP contribution in [0.5, 0.6) is 0 Å². The standard InChI is InChI=1S/C16H17F2N3O2/c1-23-6-2-5-20-16(22)11-7-13(10-19-9-11)21-12-3-4-14(17)15(18)8-12/h3-4,7-10,21H,2,5-6H2,1H3,(H,20,22). The quantitative estimate of drug-likeness (QED) is 0.770. The number of hydrogen-bond acceptors (Lipinski definition) is 4. The minimum Gasteiger partial charge on any atom is -0.385 e. The summed E-state index contributed by atoms with van der Waals surface area (Å²) in [6, 6.07) is 5.04. The van der Waals surface area contributed by atoms with E-state index >= 15 is 0 Å². The van der Waals surface area contributed by atoms with Gasteiger partial charge in [-0.2, -0.15) is 0 Å². The molecule has 122 valence electrons. The summed E-state index contributed by atoms with van der Waals surface area (Å²) in [6.45, 7) is 1.06. The van der Waals surface area contributed by atoms with Gasteiger partial charge >= 0.3 is 0 Å². The average Bonchev–Trinajstić information content (AvgIpc) is 2.55. The second kappa shape index (κ2) is 8.19. The molecule has 0 bridgehead atoms. The van der Waals surface area contributed by atoms with Crippen LogP contribution in [0.4, 0.5) is 20.2 Å². The van der Waals surface area contributed by atoms with E-state index in [0.717, 1.165) is 12.1 Å². The average molecular weight is 321 g/mol. The fourth-order valence-electron chi connectivity index (χ4n) is 1.89. The molecule has 1 heterocycles. The van der Waals surface area contributed by atoms with Crippen LogP contribution in [0.15, 0.2) is 36.7 Å². The summed E-state index contributed by atoms with van der Waals surface area (Å²) >= 11 is 0. The first kappa shape index (κ1) is 16.8. The van der Waals surface area contributed by atoms with Crippen molar-refractivity contribution in [2.75, 3.05) is 25.6 Å². The van der Waals surface area contributed by atoms with Gasteiger partial charge in [-0.15, -0.1) is 0 Å². The van der Waals surface area contributed by atoms with Crippen molar-refractivity contribution in [3.05, 3.63) is 53.9 Å². The number of aromatic nitrogens is 1. The van der Waals surface area contributed by atoms with Gasteiger partial charge in [0.2, 0.25) is 0 Å². The van der Waals surface area contributed by atoms with Crippen LogP contribution >= 0.6 is 0 Å². The van der Waals surface area contributed by atoms with E-state index in [1.54, 1.807) is 13.2 Å². The first-order valence-electron chi connectivity index (χ1n) is 7.04. The molecule has 0 aliphatic heterocycles. The molecule has 0 saturated heterocycles. The number of nitrogens with zero attached hydrogens (tertiary/aromatic N) is 1. The Hall–Kier alpha value is -2.54. The number of pyridine rings is 1. The number of carbonyl (C=O) groups excluding carboxylic acids is 1. The Morgan fingerprint density at radius 3 is 2.74 bits per heavy atom. The molecule has 0 fully saturated rings. The smallest absolute Gasteiger partial charge is 0.252 e. The van der Waals surface area contributed by atoms with Crippen LogP contribution in [-0.4, -0.2) is 31.2 Å². The molecule has 1 aromatic carbocycles. The molecule has 0 saturated carbocycles. The summed E-state index contributed by atoms with van der Waals surface area (Å²) < 4.78 is 31.0. The molecule has 0 spiro atoms. The van der Waals surface area contributed by atoms with Crippen LogP contribution in [-0.2, 0) is 4.74 Å². The molecule has 0 atom stereocenters. The lowest BCUT2D eigenvalue weighted by atomic mass is 10.2.